The van der Waals surface area contributed by atoms with Crippen molar-refractivity contribution in [3.05, 3.63) is 60.2 Å². The summed E-state index contributed by atoms with van der Waals surface area (Å²) in [6.07, 6.45) is 0. The van der Waals surface area contributed by atoms with Gasteiger partial charge in [0.15, 0.2) is 5.78 Å². The minimum absolute atomic E-state index is 0.134. The molecule has 0 heterocycles. The summed E-state index contributed by atoms with van der Waals surface area (Å²) in [5.41, 5.74) is 0.832. The second-order valence-corrected chi connectivity index (χ2v) is 6.56. The lowest BCUT2D eigenvalue weighted by Gasteiger charge is -2.08. The number of hydrogen-bond donors (Lipinski definition) is 0. The van der Waals surface area contributed by atoms with Crippen LogP contribution >= 0.6 is 0 Å². The molecule has 1 nitrogen and oxygen atoms in total. The van der Waals surface area contributed by atoms with Gasteiger partial charge in [-0.25, -0.2) is 0 Å². The van der Waals surface area contributed by atoms with Crippen LogP contribution < -0.4 is 0 Å². The standard InChI is InChI=1S/C22H12O/c1-11(23)17-10-15-7-6-13-3-2-12-4-5-14-8-9-16(17)22-20(14)18(12)19(13)21(15)22/h2-10H,1H3. The molecule has 0 aliphatic rings. The monoisotopic (exact) mass is 292 g/mol. The second kappa shape index (κ2) is 3.52. The molecule has 1 heteroatoms. The van der Waals surface area contributed by atoms with E-state index in [9.17, 15) is 4.79 Å². The lowest BCUT2D eigenvalue weighted by atomic mass is 9.94. The molecule has 0 amide bonds. The molecule has 0 spiro atoms. The number of rotatable bonds is 1. The molecular weight excluding hydrogens is 280 g/mol. The molecule has 0 N–H and O–H groups in total. The lowest BCUT2D eigenvalue weighted by Crippen LogP contribution is -1.94. The van der Waals surface area contributed by atoms with Crippen molar-refractivity contribution in [2.75, 3.05) is 0 Å². The molecule has 0 aliphatic carbocycles. The summed E-state index contributed by atoms with van der Waals surface area (Å²) < 4.78 is 0. The fourth-order valence-corrected chi connectivity index (χ4v) is 4.46. The Morgan fingerprint density at radius 1 is 0.609 bits per heavy atom. The van der Waals surface area contributed by atoms with Crippen molar-refractivity contribution < 1.29 is 4.79 Å². The van der Waals surface area contributed by atoms with E-state index < -0.39 is 0 Å². The molecule has 106 valence electrons. The van der Waals surface area contributed by atoms with Gasteiger partial charge in [-0.15, -0.1) is 0 Å². The summed E-state index contributed by atoms with van der Waals surface area (Å²) in [6.45, 7) is 1.66. The minimum Gasteiger partial charge on any atom is -0.294 e. The number of ketones is 1. The van der Waals surface area contributed by atoms with Crippen LogP contribution in [0.15, 0.2) is 54.6 Å². The van der Waals surface area contributed by atoms with Crippen LogP contribution in [0.5, 0.6) is 0 Å². The van der Waals surface area contributed by atoms with Crippen molar-refractivity contribution in [3.63, 3.8) is 0 Å². The summed E-state index contributed by atoms with van der Waals surface area (Å²) in [5, 5.41) is 12.7. The fourth-order valence-electron chi connectivity index (χ4n) is 4.46. The highest BCUT2D eigenvalue weighted by Gasteiger charge is 2.21. The van der Waals surface area contributed by atoms with Crippen molar-refractivity contribution in [1.29, 1.82) is 0 Å². The molecule has 0 aromatic heterocycles. The van der Waals surface area contributed by atoms with Crippen LogP contribution in [-0.4, -0.2) is 5.78 Å². The molecule has 0 radical (unpaired) electrons. The Kier molecular flexibility index (Phi) is 1.78. The molecule has 0 aliphatic heterocycles. The van der Waals surface area contributed by atoms with Crippen LogP contribution in [0.4, 0.5) is 0 Å². The van der Waals surface area contributed by atoms with Crippen molar-refractivity contribution >= 4 is 59.6 Å². The molecule has 0 unspecified atom stereocenters. The van der Waals surface area contributed by atoms with Gasteiger partial charge in [0.05, 0.1) is 0 Å². The summed E-state index contributed by atoms with van der Waals surface area (Å²) in [6, 6.07) is 19.5. The zero-order chi connectivity index (χ0) is 15.3. The molecule has 6 rings (SSSR count). The first-order valence-electron chi connectivity index (χ1n) is 7.92. The minimum atomic E-state index is 0.134. The van der Waals surface area contributed by atoms with Crippen LogP contribution in [0.25, 0.3) is 53.9 Å². The van der Waals surface area contributed by atoms with Crippen molar-refractivity contribution in [1.82, 2.24) is 0 Å². The van der Waals surface area contributed by atoms with E-state index in [0.717, 1.165) is 10.9 Å². The van der Waals surface area contributed by atoms with E-state index >= 15 is 0 Å². The summed E-state index contributed by atoms with van der Waals surface area (Å²) in [4.78, 5) is 12.2. The van der Waals surface area contributed by atoms with E-state index in [2.05, 4.69) is 54.6 Å². The van der Waals surface area contributed by atoms with Crippen LogP contribution in [0.1, 0.15) is 17.3 Å². The Balaban J connectivity index is 2.15. The number of benzene rings is 5. The Morgan fingerprint density at radius 2 is 1.04 bits per heavy atom. The van der Waals surface area contributed by atoms with E-state index in [-0.39, 0.29) is 5.78 Å². The summed E-state index contributed by atoms with van der Waals surface area (Å²) in [7, 11) is 0. The third-order valence-electron chi connectivity index (χ3n) is 5.40. The van der Waals surface area contributed by atoms with E-state index in [1.165, 1.54) is 48.5 Å². The number of carbonyl (C=O) groups is 1. The predicted molar refractivity (Wildman–Crippen MR) is 97.5 cm³/mol. The average Bonchev–Trinajstić information content (AvgIpc) is 2.94. The lowest BCUT2D eigenvalue weighted by molar-refractivity contribution is 0.101. The van der Waals surface area contributed by atoms with Gasteiger partial charge in [-0.1, -0.05) is 48.5 Å². The van der Waals surface area contributed by atoms with Crippen molar-refractivity contribution in [3.8, 4) is 0 Å². The van der Waals surface area contributed by atoms with Gasteiger partial charge in [-0.05, 0) is 66.9 Å². The maximum atomic E-state index is 12.2. The molecule has 23 heavy (non-hydrogen) atoms. The van der Waals surface area contributed by atoms with Crippen LogP contribution in [0.2, 0.25) is 0 Å². The van der Waals surface area contributed by atoms with Gasteiger partial charge in [0.25, 0.3) is 0 Å². The summed E-state index contributed by atoms with van der Waals surface area (Å²) in [5.74, 6) is 0.134. The average molecular weight is 292 g/mol. The number of Topliss-reactive ketones (excluding diaryl/α,β-unsaturated/α-hetero) is 1. The smallest absolute Gasteiger partial charge is 0.160 e. The van der Waals surface area contributed by atoms with Gasteiger partial charge in [-0.2, -0.15) is 0 Å². The highest BCUT2D eigenvalue weighted by Crippen LogP contribution is 2.48. The maximum Gasteiger partial charge on any atom is 0.160 e. The van der Waals surface area contributed by atoms with Gasteiger partial charge in [0.1, 0.15) is 0 Å². The van der Waals surface area contributed by atoms with Crippen molar-refractivity contribution in [2.24, 2.45) is 0 Å². The first kappa shape index (κ1) is 11.6. The highest BCUT2D eigenvalue weighted by molar-refractivity contribution is 6.45. The molecule has 6 aromatic rings. The Morgan fingerprint density at radius 3 is 1.61 bits per heavy atom. The Bertz CT molecular complexity index is 1330. The van der Waals surface area contributed by atoms with Crippen molar-refractivity contribution in [2.45, 2.75) is 6.92 Å². The Hall–Kier alpha value is -2.93. The van der Waals surface area contributed by atoms with E-state index in [0.29, 0.717) is 0 Å². The largest absolute Gasteiger partial charge is 0.294 e. The molecule has 0 fully saturated rings. The normalized spacial score (nSPS) is 12.7. The third-order valence-corrected chi connectivity index (χ3v) is 5.40. The molecule has 0 bridgehead atoms. The molecule has 0 saturated carbocycles. The zero-order valence-corrected chi connectivity index (χ0v) is 12.6. The molecular formula is C22H12O. The number of carbonyl (C=O) groups excluding carboxylic acids is 1. The number of hydrogen-bond acceptors (Lipinski definition) is 1. The molecule has 6 aromatic carbocycles. The third kappa shape index (κ3) is 1.16. The first-order chi connectivity index (χ1) is 11.2. The SMILES string of the molecule is CC(=O)c1cc2ccc3ccc4ccc5ccc1c1c5c4c3c21. The van der Waals surface area contributed by atoms with Gasteiger partial charge in [-0.3, -0.25) is 4.79 Å². The topological polar surface area (TPSA) is 17.1 Å². The van der Waals surface area contributed by atoms with Crippen LogP contribution in [-0.2, 0) is 0 Å². The van der Waals surface area contributed by atoms with Gasteiger partial charge in [0.2, 0.25) is 0 Å². The quantitative estimate of drug-likeness (QED) is 0.269. The van der Waals surface area contributed by atoms with Crippen LogP contribution in [0.3, 0.4) is 0 Å². The fraction of sp³-hybridized carbons (Fsp3) is 0.0455. The molecule has 0 saturated heterocycles. The maximum absolute atomic E-state index is 12.2. The van der Waals surface area contributed by atoms with Gasteiger partial charge < -0.3 is 0 Å². The zero-order valence-electron chi connectivity index (χ0n) is 12.6. The second-order valence-electron chi connectivity index (χ2n) is 6.56. The predicted octanol–water partition coefficient (Wildman–Crippen LogP) is 5.97. The van der Waals surface area contributed by atoms with Gasteiger partial charge in [0, 0.05) is 5.56 Å². The van der Waals surface area contributed by atoms with E-state index in [1.54, 1.807) is 6.92 Å². The van der Waals surface area contributed by atoms with E-state index in [1.807, 2.05) is 0 Å². The Labute approximate surface area is 132 Å². The summed E-state index contributed by atoms with van der Waals surface area (Å²) >= 11 is 0. The van der Waals surface area contributed by atoms with Crippen LogP contribution in [0, 0.1) is 0 Å². The van der Waals surface area contributed by atoms with Gasteiger partial charge >= 0.3 is 0 Å². The highest BCUT2D eigenvalue weighted by atomic mass is 16.1. The molecule has 0 atom stereocenters. The van der Waals surface area contributed by atoms with E-state index in [4.69, 9.17) is 0 Å². The first-order valence-corrected chi connectivity index (χ1v) is 7.92.